The average Bonchev–Trinajstić information content (AvgIpc) is 2.16. The number of aliphatic hydroxyl groups excluding tert-OH is 1. The van der Waals surface area contributed by atoms with Gasteiger partial charge in [0.15, 0.2) is 0 Å². The summed E-state index contributed by atoms with van der Waals surface area (Å²) in [7, 11) is 0. The first-order valence-electron chi connectivity index (χ1n) is 5.53. The smallest absolute Gasteiger partial charge is 0.0735 e. The van der Waals surface area contributed by atoms with E-state index in [1.54, 1.807) is 0 Å². The minimum absolute atomic E-state index is 0.0825. The Labute approximate surface area is 90.5 Å². The Kier molecular flexibility index (Phi) is 3.03. The highest BCUT2D eigenvalue weighted by molar-refractivity contribution is 5.25. The summed E-state index contributed by atoms with van der Waals surface area (Å²) in [6, 6.07) is 4.19. The van der Waals surface area contributed by atoms with Gasteiger partial charge in [0.05, 0.1) is 12.1 Å². The van der Waals surface area contributed by atoms with Crippen LogP contribution in [0.3, 0.4) is 0 Å². The highest BCUT2D eigenvalue weighted by atomic mass is 16.3. The second-order valence-corrected chi connectivity index (χ2v) is 4.32. The number of nitrogens with one attached hydrogen (secondary N) is 1. The Hall–Kier alpha value is -0.930. The summed E-state index contributed by atoms with van der Waals surface area (Å²) in [5, 5.41) is 13.3. The number of aliphatic hydroxyl groups is 1. The topological polar surface area (TPSA) is 45.1 Å². The molecule has 2 atom stereocenters. The van der Waals surface area contributed by atoms with E-state index in [0.29, 0.717) is 0 Å². The molecule has 1 fully saturated rings. The second-order valence-electron chi connectivity index (χ2n) is 4.32. The van der Waals surface area contributed by atoms with E-state index < -0.39 is 0 Å². The van der Waals surface area contributed by atoms with Crippen molar-refractivity contribution in [2.45, 2.75) is 38.8 Å². The zero-order valence-electron chi connectivity index (χ0n) is 9.33. The molecule has 2 unspecified atom stereocenters. The zero-order valence-corrected chi connectivity index (χ0v) is 9.33. The van der Waals surface area contributed by atoms with Crippen LogP contribution in [0.4, 0.5) is 0 Å². The molecular formula is C12H18N2O. The minimum Gasteiger partial charge on any atom is -0.391 e. The quantitative estimate of drug-likeness (QED) is 0.731. The van der Waals surface area contributed by atoms with E-state index in [2.05, 4.69) is 22.4 Å². The average molecular weight is 206 g/mol. The fourth-order valence-corrected chi connectivity index (χ4v) is 2.26. The van der Waals surface area contributed by atoms with Crippen LogP contribution in [0.25, 0.3) is 0 Å². The van der Waals surface area contributed by atoms with Crippen LogP contribution < -0.4 is 5.32 Å². The summed E-state index contributed by atoms with van der Waals surface area (Å²) in [4.78, 5) is 4.34. The predicted molar refractivity (Wildman–Crippen MR) is 59.7 cm³/mol. The van der Waals surface area contributed by atoms with Crippen LogP contribution in [0.2, 0.25) is 0 Å². The first-order valence-corrected chi connectivity index (χ1v) is 5.53. The molecule has 0 saturated carbocycles. The summed E-state index contributed by atoms with van der Waals surface area (Å²) < 4.78 is 0. The Morgan fingerprint density at radius 3 is 2.60 bits per heavy atom. The Bertz CT molecular complexity index is 331. The first-order chi connectivity index (χ1) is 7.16. The first kappa shape index (κ1) is 10.6. The van der Waals surface area contributed by atoms with E-state index in [1.165, 1.54) is 0 Å². The predicted octanol–water partition coefficient (Wildman–Crippen LogP) is 1.48. The zero-order chi connectivity index (χ0) is 10.8. The van der Waals surface area contributed by atoms with Gasteiger partial charge in [-0.3, -0.25) is 4.98 Å². The lowest BCUT2D eigenvalue weighted by Crippen LogP contribution is -2.37. The van der Waals surface area contributed by atoms with E-state index in [4.69, 9.17) is 0 Å². The van der Waals surface area contributed by atoms with Crippen molar-refractivity contribution in [2.24, 2.45) is 0 Å². The third kappa shape index (κ3) is 2.36. The SMILES string of the molecule is Cc1cc(C2NCCCC2O)cc(C)n1. The van der Waals surface area contributed by atoms with Crippen molar-refractivity contribution in [2.75, 3.05) is 6.54 Å². The minimum atomic E-state index is -0.264. The molecule has 0 radical (unpaired) electrons. The van der Waals surface area contributed by atoms with Crippen molar-refractivity contribution >= 4 is 0 Å². The molecule has 1 saturated heterocycles. The molecule has 0 aromatic carbocycles. The molecule has 3 nitrogen and oxygen atoms in total. The highest BCUT2D eigenvalue weighted by Gasteiger charge is 2.24. The summed E-state index contributed by atoms with van der Waals surface area (Å²) in [6.45, 7) is 4.97. The normalized spacial score (nSPS) is 26.6. The summed E-state index contributed by atoms with van der Waals surface area (Å²) in [6.07, 6.45) is 1.68. The number of hydrogen-bond acceptors (Lipinski definition) is 3. The lowest BCUT2D eigenvalue weighted by atomic mass is 9.94. The van der Waals surface area contributed by atoms with E-state index in [-0.39, 0.29) is 12.1 Å². The lowest BCUT2D eigenvalue weighted by molar-refractivity contribution is 0.0964. The van der Waals surface area contributed by atoms with E-state index in [9.17, 15) is 5.11 Å². The van der Waals surface area contributed by atoms with Gasteiger partial charge >= 0.3 is 0 Å². The van der Waals surface area contributed by atoms with Gasteiger partial charge < -0.3 is 10.4 Å². The number of pyridine rings is 1. The number of aromatic nitrogens is 1. The van der Waals surface area contributed by atoms with Gasteiger partial charge in [-0.15, -0.1) is 0 Å². The molecule has 0 spiro atoms. The molecule has 0 amide bonds. The van der Waals surface area contributed by atoms with Crippen LogP contribution in [0, 0.1) is 13.8 Å². The van der Waals surface area contributed by atoms with Crippen molar-refractivity contribution in [3.8, 4) is 0 Å². The van der Waals surface area contributed by atoms with Crippen molar-refractivity contribution < 1.29 is 5.11 Å². The Morgan fingerprint density at radius 2 is 2.00 bits per heavy atom. The van der Waals surface area contributed by atoms with E-state index in [0.717, 1.165) is 36.3 Å². The standard InChI is InChI=1S/C12H18N2O/c1-8-6-10(7-9(2)14-8)12-11(15)4-3-5-13-12/h6-7,11-13,15H,3-5H2,1-2H3. The maximum Gasteiger partial charge on any atom is 0.0735 e. The van der Waals surface area contributed by atoms with Gasteiger partial charge in [0, 0.05) is 11.4 Å². The van der Waals surface area contributed by atoms with Crippen LogP contribution >= 0.6 is 0 Å². The van der Waals surface area contributed by atoms with Gasteiger partial charge in [-0.1, -0.05) is 0 Å². The Balaban J connectivity index is 2.27. The fourth-order valence-electron chi connectivity index (χ4n) is 2.26. The molecule has 0 aliphatic carbocycles. The van der Waals surface area contributed by atoms with Crippen molar-refractivity contribution in [1.29, 1.82) is 0 Å². The van der Waals surface area contributed by atoms with Crippen LogP contribution in [-0.2, 0) is 0 Å². The molecule has 15 heavy (non-hydrogen) atoms. The van der Waals surface area contributed by atoms with Gasteiger partial charge in [-0.2, -0.15) is 0 Å². The highest BCUT2D eigenvalue weighted by Crippen LogP contribution is 2.24. The molecule has 1 aromatic rings. The van der Waals surface area contributed by atoms with E-state index >= 15 is 0 Å². The van der Waals surface area contributed by atoms with Gasteiger partial charge in [-0.05, 0) is 50.9 Å². The largest absolute Gasteiger partial charge is 0.391 e. The molecule has 1 aliphatic rings. The lowest BCUT2D eigenvalue weighted by Gasteiger charge is -2.29. The summed E-state index contributed by atoms with van der Waals surface area (Å²) >= 11 is 0. The summed E-state index contributed by atoms with van der Waals surface area (Å²) in [5.41, 5.74) is 3.20. The van der Waals surface area contributed by atoms with Crippen LogP contribution in [0.1, 0.15) is 35.8 Å². The molecule has 1 aliphatic heterocycles. The maximum atomic E-state index is 9.92. The van der Waals surface area contributed by atoms with Crippen molar-refractivity contribution in [1.82, 2.24) is 10.3 Å². The van der Waals surface area contributed by atoms with Crippen LogP contribution in [0.15, 0.2) is 12.1 Å². The van der Waals surface area contributed by atoms with Gasteiger partial charge in [0.1, 0.15) is 0 Å². The van der Waals surface area contributed by atoms with Crippen molar-refractivity contribution in [3.63, 3.8) is 0 Å². The second kappa shape index (κ2) is 4.29. The Morgan fingerprint density at radius 1 is 1.33 bits per heavy atom. The number of hydrogen-bond donors (Lipinski definition) is 2. The molecule has 2 heterocycles. The number of aryl methyl sites for hydroxylation is 2. The van der Waals surface area contributed by atoms with Crippen LogP contribution in [0.5, 0.6) is 0 Å². The molecule has 3 heteroatoms. The number of nitrogens with zero attached hydrogens (tertiary/aromatic N) is 1. The van der Waals surface area contributed by atoms with Crippen LogP contribution in [-0.4, -0.2) is 22.7 Å². The summed E-state index contributed by atoms with van der Waals surface area (Å²) in [5.74, 6) is 0. The number of rotatable bonds is 1. The van der Waals surface area contributed by atoms with Gasteiger partial charge in [0.25, 0.3) is 0 Å². The molecule has 2 rings (SSSR count). The molecule has 1 aromatic heterocycles. The molecular weight excluding hydrogens is 188 g/mol. The number of piperidine rings is 1. The van der Waals surface area contributed by atoms with Gasteiger partial charge in [0.2, 0.25) is 0 Å². The third-order valence-corrected chi connectivity index (χ3v) is 2.89. The monoisotopic (exact) mass is 206 g/mol. The fraction of sp³-hybridized carbons (Fsp3) is 0.583. The molecule has 0 bridgehead atoms. The van der Waals surface area contributed by atoms with Gasteiger partial charge in [-0.25, -0.2) is 0 Å². The third-order valence-electron chi connectivity index (χ3n) is 2.89. The molecule has 2 N–H and O–H groups in total. The van der Waals surface area contributed by atoms with Crippen molar-refractivity contribution in [3.05, 3.63) is 29.1 Å². The maximum absolute atomic E-state index is 9.92. The molecule has 82 valence electrons. The van der Waals surface area contributed by atoms with E-state index in [1.807, 2.05) is 13.8 Å².